The lowest BCUT2D eigenvalue weighted by Crippen LogP contribution is -2.36. The normalized spacial score (nSPS) is 18.3. The predicted molar refractivity (Wildman–Crippen MR) is 124 cm³/mol. The number of likely N-dealkylation sites (N-methyl/N-ethyl adjacent to an activating group) is 1. The number of hydrogen-bond donors (Lipinski definition) is 2. The highest BCUT2D eigenvalue weighted by Gasteiger charge is 2.48. The van der Waals surface area contributed by atoms with Crippen molar-refractivity contribution in [2.75, 3.05) is 26.2 Å². The lowest BCUT2D eigenvalue weighted by atomic mass is 9.93. The zero-order valence-corrected chi connectivity index (χ0v) is 19.1. The van der Waals surface area contributed by atoms with Crippen molar-refractivity contribution < 1.29 is 29.3 Å². The first-order valence-electron chi connectivity index (χ1n) is 11.2. The molecule has 7 nitrogen and oxygen atoms in total. The van der Waals surface area contributed by atoms with Crippen LogP contribution < -0.4 is 0 Å². The Hall–Kier alpha value is -3.00. The Bertz CT molecular complexity index is 934. The summed E-state index contributed by atoms with van der Waals surface area (Å²) < 4.78 is 13.2. The second-order valence-corrected chi connectivity index (χ2v) is 7.98. The number of nitrogens with zero attached hydrogens (tertiary/aromatic N) is 1. The number of carbonyl (C=O) groups is 2. The van der Waals surface area contributed by atoms with Gasteiger partial charge < -0.3 is 24.6 Å². The van der Waals surface area contributed by atoms with Gasteiger partial charge in [0, 0.05) is 29.8 Å². The molecule has 4 rings (SSSR count). The van der Waals surface area contributed by atoms with Crippen LogP contribution in [0.25, 0.3) is 0 Å². The number of hydrogen-bond acceptors (Lipinski definition) is 5. The topological polar surface area (TPSA) is 96.3 Å². The molecule has 7 heteroatoms. The van der Waals surface area contributed by atoms with Gasteiger partial charge in [0.05, 0.1) is 12.7 Å². The van der Waals surface area contributed by atoms with E-state index in [1.54, 1.807) is 0 Å². The Balaban J connectivity index is 0.000000331. The third kappa shape index (κ3) is 5.87. The average Bonchev–Trinajstić information content (AvgIpc) is 3.19. The summed E-state index contributed by atoms with van der Waals surface area (Å²) in [6, 6.07) is 17.2. The van der Waals surface area contributed by atoms with Gasteiger partial charge in [-0.3, -0.25) is 0 Å². The summed E-state index contributed by atoms with van der Waals surface area (Å²) in [5.74, 6) is -3.26. The van der Waals surface area contributed by atoms with Gasteiger partial charge in [0.1, 0.15) is 0 Å². The smallest absolute Gasteiger partial charge is 0.328 e. The molecular formula is C26H31NO6. The van der Waals surface area contributed by atoms with Gasteiger partial charge in [-0.15, -0.1) is 0 Å². The highest BCUT2D eigenvalue weighted by atomic mass is 16.7. The van der Waals surface area contributed by atoms with E-state index < -0.39 is 17.7 Å². The van der Waals surface area contributed by atoms with Gasteiger partial charge in [-0.1, -0.05) is 62.4 Å². The highest BCUT2D eigenvalue weighted by molar-refractivity contribution is 5.89. The molecular weight excluding hydrogens is 422 g/mol. The standard InChI is InChI=1S/C22H27NO2.C4H4O4/c1-3-23(4-2)15-19-16-24-22(25-19)20-11-7-5-9-17(20)13-14-18-10-6-8-12-21(18)22;5-3(6)1-2-4(7)8/h5-12,19H,3-4,13-16H2,1-2H3;1-2H,(H,5,6)(H,7,8)/b;2-1-. The monoisotopic (exact) mass is 453 g/mol. The van der Waals surface area contributed by atoms with E-state index in [0.29, 0.717) is 18.8 Å². The van der Waals surface area contributed by atoms with Crippen LogP contribution in [0.3, 0.4) is 0 Å². The molecule has 2 aromatic carbocycles. The van der Waals surface area contributed by atoms with Gasteiger partial charge in [0.2, 0.25) is 5.79 Å². The van der Waals surface area contributed by atoms with E-state index in [1.165, 1.54) is 22.3 Å². The first kappa shape index (κ1) is 24.6. The van der Waals surface area contributed by atoms with Crippen LogP contribution in [-0.2, 0) is 37.7 Å². The first-order chi connectivity index (χ1) is 15.9. The number of carboxylic acid groups (broad SMARTS) is 2. The Kier molecular flexibility index (Phi) is 8.38. The molecule has 1 aliphatic carbocycles. The quantitative estimate of drug-likeness (QED) is 0.647. The average molecular weight is 454 g/mol. The zero-order valence-electron chi connectivity index (χ0n) is 19.1. The van der Waals surface area contributed by atoms with Crippen LogP contribution in [0.5, 0.6) is 0 Å². The van der Waals surface area contributed by atoms with Crippen molar-refractivity contribution in [2.45, 2.75) is 38.6 Å². The molecule has 2 N–H and O–H groups in total. The molecule has 0 saturated carbocycles. The third-order valence-electron chi connectivity index (χ3n) is 5.94. The Morgan fingerprint density at radius 1 is 0.939 bits per heavy atom. The summed E-state index contributed by atoms with van der Waals surface area (Å²) in [7, 11) is 0. The van der Waals surface area contributed by atoms with Crippen molar-refractivity contribution in [3.8, 4) is 0 Å². The summed E-state index contributed by atoms with van der Waals surface area (Å²) >= 11 is 0. The van der Waals surface area contributed by atoms with Crippen LogP contribution in [0, 0.1) is 0 Å². The molecule has 1 aliphatic heterocycles. The van der Waals surface area contributed by atoms with Gasteiger partial charge in [-0.2, -0.15) is 0 Å². The van der Waals surface area contributed by atoms with E-state index in [2.05, 4.69) is 67.3 Å². The molecule has 2 aliphatic rings. The fourth-order valence-corrected chi connectivity index (χ4v) is 4.33. The predicted octanol–water partition coefficient (Wildman–Crippen LogP) is 3.46. The van der Waals surface area contributed by atoms with E-state index >= 15 is 0 Å². The van der Waals surface area contributed by atoms with E-state index in [-0.39, 0.29) is 6.10 Å². The molecule has 1 spiro atoms. The van der Waals surface area contributed by atoms with Crippen molar-refractivity contribution in [1.82, 2.24) is 4.90 Å². The summed E-state index contributed by atoms with van der Waals surface area (Å²) in [5.41, 5.74) is 5.04. The fraction of sp³-hybridized carbons (Fsp3) is 0.385. The van der Waals surface area contributed by atoms with E-state index in [4.69, 9.17) is 19.7 Å². The summed E-state index contributed by atoms with van der Waals surface area (Å²) in [6.45, 7) is 8.03. The number of rotatable bonds is 6. The molecule has 1 heterocycles. The number of benzene rings is 2. The molecule has 0 aromatic heterocycles. The molecule has 2 aromatic rings. The SMILES string of the molecule is CCN(CC)CC1COC2(O1)c1ccccc1CCc1ccccc12.O=C(O)/C=C\C(=O)O. The van der Waals surface area contributed by atoms with Gasteiger partial charge >= 0.3 is 11.9 Å². The maximum atomic E-state index is 9.55. The molecule has 0 radical (unpaired) electrons. The van der Waals surface area contributed by atoms with Crippen molar-refractivity contribution in [3.63, 3.8) is 0 Å². The molecule has 1 saturated heterocycles. The van der Waals surface area contributed by atoms with Crippen LogP contribution in [0.1, 0.15) is 36.1 Å². The minimum atomic E-state index is -1.26. The number of aryl methyl sites for hydroxylation is 2. The van der Waals surface area contributed by atoms with Crippen molar-refractivity contribution in [2.24, 2.45) is 0 Å². The van der Waals surface area contributed by atoms with E-state index in [1.807, 2.05) is 0 Å². The Morgan fingerprint density at radius 2 is 1.42 bits per heavy atom. The minimum absolute atomic E-state index is 0.0964. The van der Waals surface area contributed by atoms with Crippen LogP contribution >= 0.6 is 0 Å². The van der Waals surface area contributed by atoms with Gasteiger partial charge in [0.25, 0.3) is 0 Å². The molecule has 1 atom stereocenters. The Morgan fingerprint density at radius 3 is 1.88 bits per heavy atom. The largest absolute Gasteiger partial charge is 0.478 e. The lowest BCUT2D eigenvalue weighted by Gasteiger charge is -2.31. The second kappa shape index (κ2) is 11.2. The summed E-state index contributed by atoms with van der Waals surface area (Å²) in [5, 5.41) is 15.6. The fourth-order valence-electron chi connectivity index (χ4n) is 4.33. The summed E-state index contributed by atoms with van der Waals surface area (Å²) in [4.78, 5) is 21.5. The maximum Gasteiger partial charge on any atom is 0.328 e. The zero-order chi connectivity index (χ0) is 23.8. The molecule has 33 heavy (non-hydrogen) atoms. The Labute approximate surface area is 194 Å². The number of aliphatic carboxylic acids is 2. The van der Waals surface area contributed by atoms with Crippen LogP contribution in [0.2, 0.25) is 0 Å². The van der Waals surface area contributed by atoms with Crippen LogP contribution in [0.4, 0.5) is 0 Å². The second-order valence-electron chi connectivity index (χ2n) is 7.98. The van der Waals surface area contributed by atoms with Gasteiger partial charge in [0.15, 0.2) is 0 Å². The maximum absolute atomic E-state index is 9.55. The van der Waals surface area contributed by atoms with Crippen LogP contribution in [-0.4, -0.2) is 59.4 Å². The van der Waals surface area contributed by atoms with Gasteiger partial charge in [-0.05, 0) is 37.1 Å². The van der Waals surface area contributed by atoms with Crippen molar-refractivity contribution in [3.05, 3.63) is 82.9 Å². The molecule has 1 fully saturated rings. The third-order valence-corrected chi connectivity index (χ3v) is 5.94. The molecule has 0 bridgehead atoms. The first-order valence-corrected chi connectivity index (χ1v) is 11.2. The molecule has 1 unspecified atom stereocenters. The highest BCUT2D eigenvalue weighted by Crippen LogP contribution is 2.45. The molecule has 176 valence electrons. The molecule has 0 amide bonds. The van der Waals surface area contributed by atoms with E-state index in [9.17, 15) is 9.59 Å². The van der Waals surface area contributed by atoms with Gasteiger partial charge in [-0.25, -0.2) is 9.59 Å². The van der Waals surface area contributed by atoms with Crippen LogP contribution in [0.15, 0.2) is 60.7 Å². The number of ether oxygens (including phenoxy) is 2. The summed E-state index contributed by atoms with van der Waals surface area (Å²) in [6.07, 6.45) is 3.27. The lowest BCUT2D eigenvalue weighted by molar-refractivity contribution is -0.144. The van der Waals surface area contributed by atoms with E-state index in [0.717, 1.165) is 32.5 Å². The minimum Gasteiger partial charge on any atom is -0.478 e. The number of carboxylic acids is 2. The number of fused-ring (bicyclic) bond motifs is 4. The van der Waals surface area contributed by atoms with Crippen molar-refractivity contribution >= 4 is 11.9 Å². The van der Waals surface area contributed by atoms with Crippen molar-refractivity contribution in [1.29, 1.82) is 0 Å².